The maximum absolute atomic E-state index is 11.7. The van der Waals surface area contributed by atoms with E-state index in [1.54, 1.807) is 4.90 Å². The summed E-state index contributed by atoms with van der Waals surface area (Å²) in [6, 6.07) is -0.145. The first kappa shape index (κ1) is 10.9. The van der Waals surface area contributed by atoms with Gasteiger partial charge in [0.15, 0.2) is 0 Å². The van der Waals surface area contributed by atoms with Crippen molar-refractivity contribution in [1.29, 1.82) is 0 Å². The molecule has 0 aromatic rings. The molecule has 0 spiro atoms. The van der Waals surface area contributed by atoms with E-state index in [1.165, 1.54) is 0 Å². The van der Waals surface area contributed by atoms with Crippen molar-refractivity contribution in [3.05, 3.63) is 0 Å². The molecule has 0 radical (unpaired) electrons. The van der Waals surface area contributed by atoms with Gasteiger partial charge < -0.3 is 15.3 Å². The van der Waals surface area contributed by atoms with Crippen LogP contribution in [0.25, 0.3) is 0 Å². The van der Waals surface area contributed by atoms with Gasteiger partial charge in [0.25, 0.3) is 0 Å². The standard InChI is InChI=1S/C10H14N2O4/c13-8(4-9(14)15)12-3-1-2-6-7(12)5-11-10(6)16/h6-7H,1-5H2,(H,11,16)(H,14,15). The maximum atomic E-state index is 11.7. The fourth-order valence-electron chi connectivity index (χ4n) is 2.49. The van der Waals surface area contributed by atoms with Crippen LogP contribution < -0.4 is 5.32 Å². The first-order chi connectivity index (χ1) is 7.59. The monoisotopic (exact) mass is 226 g/mol. The summed E-state index contributed by atoms with van der Waals surface area (Å²) in [5, 5.41) is 11.3. The Labute approximate surface area is 92.6 Å². The molecule has 2 N–H and O–H groups in total. The Morgan fingerprint density at radius 2 is 2.25 bits per heavy atom. The van der Waals surface area contributed by atoms with Crippen LogP contribution in [0.4, 0.5) is 0 Å². The van der Waals surface area contributed by atoms with Crippen LogP contribution in [0, 0.1) is 5.92 Å². The van der Waals surface area contributed by atoms with Gasteiger partial charge >= 0.3 is 5.97 Å². The average Bonchev–Trinajstić information content (AvgIpc) is 2.59. The number of carboxylic acid groups (broad SMARTS) is 1. The van der Waals surface area contributed by atoms with Gasteiger partial charge in [-0.05, 0) is 12.8 Å². The lowest BCUT2D eigenvalue weighted by atomic mass is 9.91. The van der Waals surface area contributed by atoms with Crippen molar-refractivity contribution in [3.63, 3.8) is 0 Å². The highest BCUT2D eigenvalue weighted by molar-refractivity contribution is 5.94. The number of amides is 2. The highest BCUT2D eigenvalue weighted by Crippen LogP contribution is 2.27. The van der Waals surface area contributed by atoms with Crippen LogP contribution in [0.2, 0.25) is 0 Å². The average molecular weight is 226 g/mol. The summed E-state index contributed by atoms with van der Waals surface area (Å²) in [4.78, 5) is 35.1. The van der Waals surface area contributed by atoms with E-state index in [1.807, 2.05) is 0 Å². The van der Waals surface area contributed by atoms with Crippen LogP contribution in [0.15, 0.2) is 0 Å². The van der Waals surface area contributed by atoms with Crippen LogP contribution >= 0.6 is 0 Å². The minimum atomic E-state index is -1.12. The molecule has 0 aromatic heterocycles. The number of aliphatic carboxylic acids is 1. The molecule has 2 saturated heterocycles. The largest absolute Gasteiger partial charge is 0.481 e. The lowest BCUT2D eigenvalue weighted by Gasteiger charge is -2.35. The molecule has 16 heavy (non-hydrogen) atoms. The molecule has 0 aliphatic carbocycles. The van der Waals surface area contributed by atoms with Crippen LogP contribution in [0.5, 0.6) is 0 Å². The first-order valence-electron chi connectivity index (χ1n) is 5.38. The van der Waals surface area contributed by atoms with Crippen molar-refractivity contribution in [3.8, 4) is 0 Å². The molecule has 2 atom stereocenters. The van der Waals surface area contributed by atoms with Gasteiger partial charge in [0.2, 0.25) is 11.8 Å². The highest BCUT2D eigenvalue weighted by Gasteiger charge is 2.42. The molecule has 0 bridgehead atoms. The summed E-state index contributed by atoms with van der Waals surface area (Å²) < 4.78 is 0. The quantitative estimate of drug-likeness (QED) is 0.603. The first-order valence-corrected chi connectivity index (χ1v) is 5.38. The van der Waals surface area contributed by atoms with E-state index in [4.69, 9.17) is 5.11 Å². The molecule has 2 heterocycles. The summed E-state index contributed by atoms with van der Waals surface area (Å²) >= 11 is 0. The van der Waals surface area contributed by atoms with Gasteiger partial charge in [-0.1, -0.05) is 0 Å². The molecule has 88 valence electrons. The van der Waals surface area contributed by atoms with Crippen molar-refractivity contribution in [2.45, 2.75) is 25.3 Å². The number of nitrogens with zero attached hydrogens (tertiary/aromatic N) is 1. The Balaban J connectivity index is 2.07. The summed E-state index contributed by atoms with van der Waals surface area (Å²) in [5.41, 5.74) is 0. The number of likely N-dealkylation sites (tertiary alicyclic amines) is 1. The number of nitrogens with one attached hydrogen (secondary N) is 1. The molecule has 2 aliphatic heterocycles. The lowest BCUT2D eigenvalue weighted by molar-refractivity contribution is -0.146. The predicted octanol–water partition coefficient (Wildman–Crippen LogP) is -0.802. The summed E-state index contributed by atoms with van der Waals surface area (Å²) in [7, 11) is 0. The third-order valence-corrected chi connectivity index (χ3v) is 3.22. The van der Waals surface area contributed by atoms with Crippen LogP contribution in [-0.2, 0) is 14.4 Å². The van der Waals surface area contributed by atoms with Crippen molar-refractivity contribution in [2.75, 3.05) is 13.1 Å². The molecule has 0 aromatic carbocycles. The van der Waals surface area contributed by atoms with Gasteiger partial charge in [0.1, 0.15) is 6.42 Å². The topological polar surface area (TPSA) is 86.7 Å². The predicted molar refractivity (Wildman–Crippen MR) is 53.5 cm³/mol. The van der Waals surface area contributed by atoms with E-state index >= 15 is 0 Å². The number of carbonyl (C=O) groups is 3. The minimum Gasteiger partial charge on any atom is -0.481 e. The van der Waals surface area contributed by atoms with E-state index in [0.717, 1.165) is 12.8 Å². The summed E-state index contributed by atoms with van der Waals surface area (Å²) in [6.07, 6.45) is 1.06. The second kappa shape index (κ2) is 4.11. The number of piperidine rings is 1. The molecule has 2 rings (SSSR count). The second-order valence-electron chi connectivity index (χ2n) is 4.22. The number of hydrogen-bond donors (Lipinski definition) is 2. The smallest absolute Gasteiger partial charge is 0.312 e. The Morgan fingerprint density at radius 3 is 2.94 bits per heavy atom. The normalized spacial score (nSPS) is 28.5. The number of carboxylic acids is 1. The van der Waals surface area contributed by atoms with Crippen molar-refractivity contribution in [1.82, 2.24) is 10.2 Å². The second-order valence-corrected chi connectivity index (χ2v) is 4.22. The Hall–Kier alpha value is -1.59. The lowest BCUT2D eigenvalue weighted by Crippen LogP contribution is -2.49. The molecule has 2 unspecified atom stereocenters. The van der Waals surface area contributed by atoms with E-state index in [0.29, 0.717) is 13.1 Å². The van der Waals surface area contributed by atoms with Crippen LogP contribution in [-0.4, -0.2) is 46.9 Å². The molecule has 2 amide bonds. The summed E-state index contributed by atoms with van der Waals surface area (Å²) in [6.45, 7) is 1.01. The zero-order valence-electron chi connectivity index (χ0n) is 8.81. The van der Waals surface area contributed by atoms with Gasteiger partial charge in [-0.15, -0.1) is 0 Å². The minimum absolute atomic E-state index is 0.0159. The Bertz CT molecular complexity index is 342. The maximum Gasteiger partial charge on any atom is 0.312 e. The SMILES string of the molecule is O=C(O)CC(=O)N1CCCC2C(=O)NCC21. The Kier molecular flexibility index (Phi) is 2.80. The number of carbonyl (C=O) groups excluding carboxylic acids is 2. The van der Waals surface area contributed by atoms with E-state index < -0.39 is 18.3 Å². The van der Waals surface area contributed by atoms with Crippen molar-refractivity contribution < 1.29 is 19.5 Å². The van der Waals surface area contributed by atoms with Crippen LogP contribution in [0.3, 0.4) is 0 Å². The fraction of sp³-hybridized carbons (Fsp3) is 0.700. The zero-order valence-corrected chi connectivity index (χ0v) is 8.81. The number of hydrogen-bond acceptors (Lipinski definition) is 3. The third-order valence-electron chi connectivity index (χ3n) is 3.22. The van der Waals surface area contributed by atoms with E-state index in [2.05, 4.69) is 5.32 Å². The van der Waals surface area contributed by atoms with Gasteiger partial charge in [0.05, 0.1) is 12.0 Å². The molecule has 6 nitrogen and oxygen atoms in total. The Morgan fingerprint density at radius 1 is 1.50 bits per heavy atom. The highest BCUT2D eigenvalue weighted by atomic mass is 16.4. The fourth-order valence-corrected chi connectivity index (χ4v) is 2.49. The van der Waals surface area contributed by atoms with Crippen LogP contribution in [0.1, 0.15) is 19.3 Å². The third kappa shape index (κ3) is 1.87. The van der Waals surface area contributed by atoms with Gasteiger partial charge in [-0.25, -0.2) is 0 Å². The van der Waals surface area contributed by atoms with Crippen molar-refractivity contribution in [2.24, 2.45) is 5.92 Å². The summed E-state index contributed by atoms with van der Waals surface area (Å²) in [5.74, 6) is -1.67. The molecular weight excluding hydrogens is 212 g/mol. The molecular formula is C10H14N2O4. The van der Waals surface area contributed by atoms with E-state index in [-0.39, 0.29) is 17.9 Å². The zero-order chi connectivity index (χ0) is 11.7. The van der Waals surface area contributed by atoms with Crippen molar-refractivity contribution >= 4 is 17.8 Å². The number of rotatable bonds is 2. The molecule has 2 fully saturated rings. The van der Waals surface area contributed by atoms with E-state index in [9.17, 15) is 14.4 Å². The van der Waals surface area contributed by atoms with Gasteiger partial charge in [0, 0.05) is 13.1 Å². The van der Waals surface area contributed by atoms with Gasteiger partial charge in [-0.2, -0.15) is 0 Å². The molecule has 2 aliphatic rings. The number of fused-ring (bicyclic) bond motifs is 1. The molecule has 0 saturated carbocycles. The molecule has 6 heteroatoms. The van der Waals surface area contributed by atoms with Gasteiger partial charge in [-0.3, -0.25) is 14.4 Å².